The van der Waals surface area contributed by atoms with Crippen molar-refractivity contribution >= 4 is 22.6 Å². The van der Waals surface area contributed by atoms with Crippen LogP contribution in [0.1, 0.15) is 30.2 Å². The van der Waals surface area contributed by atoms with Crippen LogP contribution >= 0.6 is 0 Å². The standard InChI is InChI=1S/C18H17N3O2/c1-11(2)21-16-8-7-14(9-15(16)10-20-21)12-3-5-13(6-4-12)17(22)18(19)23/h3-11H,1-2H3,(H2,19,23). The zero-order valence-electron chi connectivity index (χ0n) is 13.0. The summed E-state index contributed by atoms with van der Waals surface area (Å²) < 4.78 is 1.98. The lowest BCUT2D eigenvalue weighted by Crippen LogP contribution is -2.22. The second kappa shape index (κ2) is 5.68. The molecule has 0 spiro atoms. The Morgan fingerprint density at radius 2 is 1.70 bits per heavy atom. The van der Waals surface area contributed by atoms with E-state index in [0.29, 0.717) is 11.6 Å². The maximum absolute atomic E-state index is 11.5. The molecule has 3 aromatic rings. The molecule has 2 aromatic carbocycles. The van der Waals surface area contributed by atoms with Crippen molar-refractivity contribution in [1.29, 1.82) is 0 Å². The van der Waals surface area contributed by atoms with E-state index >= 15 is 0 Å². The SMILES string of the molecule is CC(C)n1ncc2cc(-c3ccc(C(=O)C(N)=O)cc3)ccc21. The number of primary amides is 1. The predicted octanol–water partition coefficient (Wildman–Crippen LogP) is 2.95. The van der Waals surface area contributed by atoms with Crippen LogP contribution in [-0.4, -0.2) is 21.5 Å². The second-order valence-electron chi connectivity index (χ2n) is 5.73. The van der Waals surface area contributed by atoms with Crippen LogP contribution in [0.5, 0.6) is 0 Å². The summed E-state index contributed by atoms with van der Waals surface area (Å²) in [6.45, 7) is 4.18. The highest BCUT2D eigenvalue weighted by Gasteiger charge is 2.12. The molecule has 5 heteroatoms. The molecule has 1 aromatic heterocycles. The minimum absolute atomic E-state index is 0.301. The number of hydrogen-bond acceptors (Lipinski definition) is 3. The highest BCUT2D eigenvalue weighted by Crippen LogP contribution is 2.26. The van der Waals surface area contributed by atoms with Crippen molar-refractivity contribution in [2.24, 2.45) is 5.73 Å². The molecule has 0 fully saturated rings. The van der Waals surface area contributed by atoms with E-state index in [9.17, 15) is 9.59 Å². The lowest BCUT2D eigenvalue weighted by molar-refractivity contribution is -0.114. The maximum atomic E-state index is 11.5. The molecule has 0 unspecified atom stereocenters. The summed E-state index contributed by atoms with van der Waals surface area (Å²) in [7, 11) is 0. The summed E-state index contributed by atoms with van der Waals surface area (Å²) in [6, 6.07) is 13.3. The summed E-state index contributed by atoms with van der Waals surface area (Å²) in [5.41, 5.74) is 8.39. The first-order chi connectivity index (χ1) is 11.0. The Balaban J connectivity index is 1.97. The number of amides is 1. The van der Waals surface area contributed by atoms with Crippen molar-refractivity contribution in [3.8, 4) is 11.1 Å². The number of fused-ring (bicyclic) bond motifs is 1. The first kappa shape index (κ1) is 15.0. The molecule has 0 aliphatic carbocycles. The van der Waals surface area contributed by atoms with Crippen LogP contribution in [0.2, 0.25) is 0 Å². The molecule has 0 saturated heterocycles. The Morgan fingerprint density at radius 3 is 2.30 bits per heavy atom. The highest BCUT2D eigenvalue weighted by atomic mass is 16.2. The van der Waals surface area contributed by atoms with Gasteiger partial charge in [-0.25, -0.2) is 0 Å². The van der Waals surface area contributed by atoms with E-state index < -0.39 is 11.7 Å². The van der Waals surface area contributed by atoms with Crippen molar-refractivity contribution in [3.63, 3.8) is 0 Å². The van der Waals surface area contributed by atoms with E-state index in [1.54, 1.807) is 12.1 Å². The van der Waals surface area contributed by atoms with E-state index in [2.05, 4.69) is 25.0 Å². The Labute approximate surface area is 133 Å². The van der Waals surface area contributed by atoms with Crippen LogP contribution in [0.15, 0.2) is 48.7 Å². The molecule has 0 aliphatic heterocycles. The Kier molecular flexibility index (Phi) is 3.70. The molecular weight excluding hydrogens is 290 g/mol. The molecule has 0 atom stereocenters. The van der Waals surface area contributed by atoms with Crippen molar-refractivity contribution in [3.05, 3.63) is 54.2 Å². The van der Waals surface area contributed by atoms with Crippen LogP contribution in [0.3, 0.4) is 0 Å². The summed E-state index contributed by atoms with van der Waals surface area (Å²) in [5, 5.41) is 5.47. The second-order valence-corrected chi connectivity index (χ2v) is 5.73. The van der Waals surface area contributed by atoms with Gasteiger partial charge < -0.3 is 5.73 Å². The summed E-state index contributed by atoms with van der Waals surface area (Å²) in [4.78, 5) is 22.5. The molecule has 2 N–H and O–H groups in total. The van der Waals surface area contributed by atoms with Gasteiger partial charge in [-0.2, -0.15) is 5.10 Å². The summed E-state index contributed by atoms with van der Waals surface area (Å²) in [6.07, 6.45) is 1.85. The first-order valence-corrected chi connectivity index (χ1v) is 7.39. The number of Topliss-reactive ketones (excluding diaryl/α,β-unsaturated/α-hetero) is 1. The molecule has 0 bridgehead atoms. The lowest BCUT2D eigenvalue weighted by atomic mass is 10.0. The molecule has 0 saturated carbocycles. The first-order valence-electron chi connectivity index (χ1n) is 7.39. The molecule has 1 heterocycles. The number of ketones is 1. The monoisotopic (exact) mass is 307 g/mol. The number of aromatic nitrogens is 2. The third-order valence-corrected chi connectivity index (χ3v) is 3.79. The Morgan fingerprint density at radius 1 is 1.04 bits per heavy atom. The Hall–Kier alpha value is -2.95. The molecule has 5 nitrogen and oxygen atoms in total. The van der Waals surface area contributed by atoms with Crippen LogP contribution in [0.4, 0.5) is 0 Å². The normalized spacial score (nSPS) is 11.1. The predicted molar refractivity (Wildman–Crippen MR) is 89.1 cm³/mol. The average Bonchev–Trinajstić information content (AvgIpc) is 2.97. The van der Waals surface area contributed by atoms with Gasteiger partial charge in [-0.1, -0.05) is 30.3 Å². The van der Waals surface area contributed by atoms with Gasteiger partial charge in [-0.15, -0.1) is 0 Å². The highest BCUT2D eigenvalue weighted by molar-refractivity contribution is 6.42. The fraction of sp³-hybridized carbons (Fsp3) is 0.167. The van der Waals surface area contributed by atoms with E-state index in [1.807, 2.05) is 35.1 Å². The zero-order valence-corrected chi connectivity index (χ0v) is 13.0. The number of nitrogens with zero attached hydrogens (tertiary/aromatic N) is 2. The molecule has 23 heavy (non-hydrogen) atoms. The van der Waals surface area contributed by atoms with Gasteiger partial charge in [0.25, 0.3) is 5.91 Å². The van der Waals surface area contributed by atoms with Crippen LogP contribution in [-0.2, 0) is 4.79 Å². The average molecular weight is 307 g/mol. The van der Waals surface area contributed by atoms with Gasteiger partial charge in [-0.3, -0.25) is 14.3 Å². The van der Waals surface area contributed by atoms with Gasteiger partial charge in [0.05, 0.1) is 11.7 Å². The Bertz CT molecular complexity index is 892. The third-order valence-electron chi connectivity index (χ3n) is 3.79. The zero-order chi connectivity index (χ0) is 16.6. The fourth-order valence-electron chi connectivity index (χ4n) is 2.60. The van der Waals surface area contributed by atoms with Crippen LogP contribution in [0, 0.1) is 0 Å². The largest absolute Gasteiger partial charge is 0.363 e. The topological polar surface area (TPSA) is 78.0 Å². The quantitative estimate of drug-likeness (QED) is 0.594. The molecule has 0 radical (unpaired) electrons. The number of carbonyl (C=O) groups is 2. The van der Waals surface area contributed by atoms with E-state index in [1.165, 1.54) is 0 Å². The van der Waals surface area contributed by atoms with Crippen LogP contribution < -0.4 is 5.73 Å². The summed E-state index contributed by atoms with van der Waals surface area (Å²) >= 11 is 0. The van der Waals surface area contributed by atoms with Gasteiger partial charge in [0.1, 0.15) is 0 Å². The molecule has 1 amide bonds. The van der Waals surface area contributed by atoms with Crippen molar-refractivity contribution < 1.29 is 9.59 Å². The van der Waals surface area contributed by atoms with Crippen molar-refractivity contribution in [2.75, 3.05) is 0 Å². The number of hydrogen-bond donors (Lipinski definition) is 1. The van der Waals surface area contributed by atoms with Gasteiger partial charge in [-0.05, 0) is 37.1 Å². The number of rotatable bonds is 4. The lowest BCUT2D eigenvalue weighted by Gasteiger charge is -2.08. The van der Waals surface area contributed by atoms with Gasteiger partial charge in [0.15, 0.2) is 0 Å². The molecular formula is C18H17N3O2. The van der Waals surface area contributed by atoms with E-state index in [-0.39, 0.29) is 0 Å². The van der Waals surface area contributed by atoms with Crippen molar-refractivity contribution in [2.45, 2.75) is 19.9 Å². The maximum Gasteiger partial charge on any atom is 0.289 e. The van der Waals surface area contributed by atoms with Crippen molar-refractivity contribution in [1.82, 2.24) is 9.78 Å². The smallest absolute Gasteiger partial charge is 0.289 e. The number of carbonyl (C=O) groups excluding carboxylic acids is 2. The number of nitrogens with two attached hydrogens (primary N) is 1. The minimum Gasteiger partial charge on any atom is -0.363 e. The van der Waals surface area contributed by atoms with Gasteiger partial charge in [0.2, 0.25) is 5.78 Å². The molecule has 0 aliphatic rings. The van der Waals surface area contributed by atoms with E-state index in [0.717, 1.165) is 22.0 Å². The molecule has 3 rings (SSSR count). The van der Waals surface area contributed by atoms with Gasteiger partial charge >= 0.3 is 0 Å². The number of benzene rings is 2. The van der Waals surface area contributed by atoms with E-state index in [4.69, 9.17) is 5.73 Å². The molecule has 116 valence electrons. The summed E-state index contributed by atoms with van der Waals surface area (Å²) in [5.74, 6) is -1.62. The van der Waals surface area contributed by atoms with Crippen LogP contribution in [0.25, 0.3) is 22.0 Å². The third kappa shape index (κ3) is 2.73. The fourth-order valence-corrected chi connectivity index (χ4v) is 2.60. The minimum atomic E-state index is -0.944. The van der Waals surface area contributed by atoms with Gasteiger partial charge in [0, 0.05) is 17.0 Å².